The molecule has 1 nitrogen and oxygen atoms in total. The van der Waals surface area contributed by atoms with E-state index in [9.17, 15) is 8.78 Å². The maximum Gasteiger partial charge on any atom is 0.132 e. The zero-order chi connectivity index (χ0) is 11.7. The fourth-order valence-electron chi connectivity index (χ4n) is 1.42. The highest BCUT2D eigenvalue weighted by Crippen LogP contribution is 2.29. The van der Waals surface area contributed by atoms with Crippen molar-refractivity contribution in [2.24, 2.45) is 0 Å². The van der Waals surface area contributed by atoms with E-state index in [-0.39, 0.29) is 10.8 Å². The first kappa shape index (κ1) is 10.9. The average molecular weight is 240 g/mol. The number of hydrogen-bond donors (Lipinski definition) is 1. The van der Waals surface area contributed by atoms with Gasteiger partial charge in [-0.3, -0.25) is 0 Å². The molecule has 2 N–H and O–H groups in total. The van der Waals surface area contributed by atoms with E-state index in [1.165, 1.54) is 30.3 Å². The molecule has 2 aromatic carbocycles. The molecule has 0 amide bonds. The van der Waals surface area contributed by atoms with Gasteiger partial charge in [-0.1, -0.05) is 23.7 Å². The van der Waals surface area contributed by atoms with Gasteiger partial charge in [0.1, 0.15) is 11.6 Å². The second kappa shape index (κ2) is 4.10. The summed E-state index contributed by atoms with van der Waals surface area (Å²) in [6, 6.07) is 8.09. The van der Waals surface area contributed by atoms with Gasteiger partial charge in [-0.25, -0.2) is 8.78 Å². The van der Waals surface area contributed by atoms with Crippen LogP contribution in [0.1, 0.15) is 0 Å². The maximum absolute atomic E-state index is 13.6. The summed E-state index contributed by atoms with van der Waals surface area (Å²) in [5.74, 6) is -0.850. The molecule has 0 unspecified atom stereocenters. The van der Waals surface area contributed by atoms with Crippen LogP contribution in [0.5, 0.6) is 0 Å². The van der Waals surface area contributed by atoms with Crippen LogP contribution in [0, 0.1) is 11.6 Å². The van der Waals surface area contributed by atoms with Crippen LogP contribution in [-0.4, -0.2) is 0 Å². The summed E-state index contributed by atoms with van der Waals surface area (Å²) in [6.45, 7) is 0. The second-order valence-electron chi connectivity index (χ2n) is 3.36. The Kier molecular flexibility index (Phi) is 2.79. The molecule has 0 heterocycles. The van der Waals surface area contributed by atoms with Gasteiger partial charge in [0.2, 0.25) is 0 Å². The van der Waals surface area contributed by atoms with Gasteiger partial charge in [0.15, 0.2) is 0 Å². The molecule has 0 saturated heterocycles. The van der Waals surface area contributed by atoms with Crippen LogP contribution in [0.4, 0.5) is 14.5 Å². The molecule has 0 aromatic heterocycles. The van der Waals surface area contributed by atoms with E-state index in [2.05, 4.69) is 0 Å². The second-order valence-corrected chi connectivity index (χ2v) is 3.77. The zero-order valence-corrected chi connectivity index (χ0v) is 8.93. The van der Waals surface area contributed by atoms with Crippen LogP contribution < -0.4 is 5.73 Å². The minimum absolute atomic E-state index is 0.170. The first-order valence-electron chi connectivity index (χ1n) is 4.58. The summed E-state index contributed by atoms with van der Waals surface area (Å²) in [5.41, 5.74) is 6.74. The summed E-state index contributed by atoms with van der Waals surface area (Å²) in [4.78, 5) is 0. The molecule has 0 radical (unpaired) electrons. The Morgan fingerprint density at radius 2 is 1.62 bits per heavy atom. The van der Waals surface area contributed by atoms with Crippen molar-refractivity contribution in [1.29, 1.82) is 0 Å². The minimum Gasteiger partial charge on any atom is -0.398 e. The summed E-state index contributed by atoms with van der Waals surface area (Å²) >= 11 is 5.67. The topological polar surface area (TPSA) is 26.0 Å². The van der Waals surface area contributed by atoms with Crippen LogP contribution in [0.2, 0.25) is 5.02 Å². The molecule has 0 spiro atoms. The van der Waals surface area contributed by atoms with Crippen molar-refractivity contribution in [3.8, 4) is 11.1 Å². The first-order chi connectivity index (χ1) is 7.58. The Labute approximate surface area is 96.5 Å². The quantitative estimate of drug-likeness (QED) is 0.751. The Balaban J connectivity index is 2.56. The Hall–Kier alpha value is -1.61. The number of nitrogens with two attached hydrogens (primary N) is 1. The molecular weight excluding hydrogens is 232 g/mol. The molecule has 0 bridgehead atoms. The normalized spacial score (nSPS) is 10.4. The van der Waals surface area contributed by atoms with Crippen LogP contribution in [0.15, 0.2) is 36.4 Å². The molecule has 0 aliphatic carbocycles. The van der Waals surface area contributed by atoms with Gasteiger partial charge >= 0.3 is 0 Å². The van der Waals surface area contributed by atoms with E-state index in [4.69, 9.17) is 17.3 Å². The molecule has 0 fully saturated rings. The Bertz CT molecular complexity index is 523. The number of halogens is 3. The van der Waals surface area contributed by atoms with Crippen molar-refractivity contribution in [1.82, 2.24) is 0 Å². The van der Waals surface area contributed by atoms with Gasteiger partial charge in [0, 0.05) is 5.56 Å². The monoisotopic (exact) mass is 239 g/mol. The lowest BCUT2D eigenvalue weighted by atomic mass is 10.0. The van der Waals surface area contributed by atoms with Gasteiger partial charge in [-0.15, -0.1) is 0 Å². The van der Waals surface area contributed by atoms with Crippen molar-refractivity contribution in [3.05, 3.63) is 53.1 Å². The van der Waals surface area contributed by atoms with Gasteiger partial charge in [0.25, 0.3) is 0 Å². The molecule has 2 aromatic rings. The van der Waals surface area contributed by atoms with Crippen molar-refractivity contribution >= 4 is 17.3 Å². The van der Waals surface area contributed by atoms with Gasteiger partial charge in [-0.2, -0.15) is 0 Å². The predicted molar refractivity (Wildman–Crippen MR) is 61.2 cm³/mol. The molecule has 0 aliphatic rings. The fraction of sp³-hybridized carbons (Fsp3) is 0. The Morgan fingerprint density at radius 3 is 2.25 bits per heavy atom. The Morgan fingerprint density at radius 1 is 1.00 bits per heavy atom. The van der Waals surface area contributed by atoms with Crippen molar-refractivity contribution in [2.45, 2.75) is 0 Å². The average Bonchev–Trinajstić information content (AvgIpc) is 2.25. The van der Waals surface area contributed by atoms with Gasteiger partial charge < -0.3 is 5.73 Å². The summed E-state index contributed by atoms with van der Waals surface area (Å²) < 4.78 is 26.3. The van der Waals surface area contributed by atoms with E-state index >= 15 is 0 Å². The SMILES string of the molecule is Nc1cc(-c2ccc(F)cc2)c(F)cc1Cl. The molecular formula is C12H8ClF2N. The highest BCUT2D eigenvalue weighted by atomic mass is 35.5. The van der Waals surface area contributed by atoms with E-state index in [1.54, 1.807) is 0 Å². The molecule has 82 valence electrons. The zero-order valence-electron chi connectivity index (χ0n) is 8.18. The van der Waals surface area contributed by atoms with Crippen molar-refractivity contribution in [2.75, 3.05) is 5.73 Å². The third-order valence-corrected chi connectivity index (χ3v) is 2.57. The van der Waals surface area contributed by atoms with Crippen LogP contribution in [0.3, 0.4) is 0 Å². The number of benzene rings is 2. The number of anilines is 1. The first-order valence-corrected chi connectivity index (χ1v) is 4.96. The summed E-state index contributed by atoms with van der Waals surface area (Å²) in [7, 11) is 0. The van der Waals surface area contributed by atoms with E-state index in [0.29, 0.717) is 16.8 Å². The molecule has 2 rings (SSSR count). The summed E-state index contributed by atoms with van der Waals surface area (Å²) in [5, 5.41) is 0.170. The molecule has 0 atom stereocenters. The lowest BCUT2D eigenvalue weighted by Gasteiger charge is -2.06. The highest BCUT2D eigenvalue weighted by Gasteiger charge is 2.08. The van der Waals surface area contributed by atoms with Crippen molar-refractivity contribution < 1.29 is 8.78 Å². The number of nitrogen functional groups attached to an aromatic ring is 1. The molecule has 16 heavy (non-hydrogen) atoms. The van der Waals surface area contributed by atoms with Gasteiger partial charge in [0.05, 0.1) is 10.7 Å². The van der Waals surface area contributed by atoms with E-state index < -0.39 is 5.82 Å². The molecule has 0 aliphatic heterocycles. The van der Waals surface area contributed by atoms with E-state index in [1.807, 2.05) is 0 Å². The largest absolute Gasteiger partial charge is 0.398 e. The molecule has 4 heteroatoms. The smallest absolute Gasteiger partial charge is 0.132 e. The number of hydrogen-bond acceptors (Lipinski definition) is 1. The lowest BCUT2D eigenvalue weighted by Crippen LogP contribution is -1.91. The van der Waals surface area contributed by atoms with Crippen LogP contribution in [0.25, 0.3) is 11.1 Å². The third-order valence-electron chi connectivity index (χ3n) is 2.24. The lowest BCUT2D eigenvalue weighted by molar-refractivity contribution is 0.626. The predicted octanol–water partition coefficient (Wildman–Crippen LogP) is 3.87. The number of rotatable bonds is 1. The maximum atomic E-state index is 13.6. The summed E-state index contributed by atoms with van der Waals surface area (Å²) in [6.07, 6.45) is 0. The van der Waals surface area contributed by atoms with Gasteiger partial charge in [-0.05, 0) is 29.8 Å². The fourth-order valence-corrected chi connectivity index (χ4v) is 1.57. The third kappa shape index (κ3) is 1.99. The van der Waals surface area contributed by atoms with Crippen molar-refractivity contribution in [3.63, 3.8) is 0 Å². The highest BCUT2D eigenvalue weighted by molar-refractivity contribution is 6.33. The standard InChI is InChI=1S/C12H8ClF2N/c13-10-6-11(15)9(5-12(10)16)7-1-3-8(14)4-2-7/h1-6H,16H2. The van der Waals surface area contributed by atoms with Crippen LogP contribution in [-0.2, 0) is 0 Å². The van der Waals surface area contributed by atoms with E-state index in [0.717, 1.165) is 6.07 Å². The minimum atomic E-state index is -0.481. The molecule has 0 saturated carbocycles. The van der Waals surface area contributed by atoms with Crippen LogP contribution >= 0.6 is 11.6 Å².